The van der Waals surface area contributed by atoms with Gasteiger partial charge in [0.05, 0.1) is 4.47 Å². The lowest BCUT2D eigenvalue weighted by molar-refractivity contribution is 0.808. The Hall–Kier alpha value is -1.39. The number of anilines is 2. The van der Waals surface area contributed by atoms with Gasteiger partial charge in [-0.1, -0.05) is 17.7 Å². The van der Waals surface area contributed by atoms with Crippen LogP contribution in [0.25, 0.3) is 0 Å². The summed E-state index contributed by atoms with van der Waals surface area (Å²) in [6.45, 7) is 3.62. The third-order valence-corrected chi connectivity index (χ3v) is 3.55. The largest absolute Gasteiger partial charge is 0.330 e. The molecule has 0 spiro atoms. The summed E-state index contributed by atoms with van der Waals surface area (Å²) in [4.78, 5) is 6.66. The summed E-state index contributed by atoms with van der Waals surface area (Å²) < 4.78 is 0.993. The van der Waals surface area contributed by atoms with E-state index in [0.29, 0.717) is 6.54 Å². The van der Waals surface area contributed by atoms with Gasteiger partial charge >= 0.3 is 0 Å². The summed E-state index contributed by atoms with van der Waals surface area (Å²) in [5.74, 6) is 0.930. The van der Waals surface area contributed by atoms with Crippen molar-refractivity contribution in [2.24, 2.45) is 5.73 Å². The highest BCUT2D eigenvalue weighted by Crippen LogP contribution is 2.30. The minimum absolute atomic E-state index is 0.673. The molecule has 0 amide bonds. The van der Waals surface area contributed by atoms with Crippen LogP contribution in [-0.2, 0) is 0 Å². The minimum Gasteiger partial charge on any atom is -0.330 e. The second-order valence-corrected chi connectivity index (χ2v) is 5.29. The molecule has 0 bridgehead atoms. The van der Waals surface area contributed by atoms with Gasteiger partial charge in [0.2, 0.25) is 0 Å². The molecule has 0 atom stereocenters. The fraction of sp³-hybridized carbons (Fsp3) is 0.267. The summed E-state index contributed by atoms with van der Waals surface area (Å²) in [5, 5.41) is 0. The summed E-state index contributed by atoms with van der Waals surface area (Å²) in [7, 11) is 0. The van der Waals surface area contributed by atoms with Crippen LogP contribution in [0.2, 0.25) is 0 Å². The van der Waals surface area contributed by atoms with Gasteiger partial charge in [-0.05, 0) is 60.1 Å². The molecule has 1 aromatic heterocycles. The van der Waals surface area contributed by atoms with E-state index in [1.807, 2.05) is 18.3 Å². The third kappa shape index (κ3) is 3.55. The summed E-state index contributed by atoms with van der Waals surface area (Å²) >= 11 is 3.57. The highest BCUT2D eigenvalue weighted by Gasteiger charge is 2.12. The molecule has 19 heavy (non-hydrogen) atoms. The Morgan fingerprint density at radius 3 is 2.58 bits per heavy atom. The first-order chi connectivity index (χ1) is 9.22. The highest BCUT2D eigenvalue weighted by molar-refractivity contribution is 9.10. The molecule has 0 radical (unpaired) electrons. The number of aromatic nitrogens is 1. The van der Waals surface area contributed by atoms with Gasteiger partial charge in [0, 0.05) is 18.4 Å². The van der Waals surface area contributed by atoms with Gasteiger partial charge in [-0.2, -0.15) is 0 Å². The maximum Gasteiger partial charge on any atom is 0.147 e. The Balaban J connectivity index is 2.35. The number of nitrogens with zero attached hydrogens (tertiary/aromatic N) is 2. The summed E-state index contributed by atoms with van der Waals surface area (Å²) in [5.41, 5.74) is 8.03. The quantitative estimate of drug-likeness (QED) is 0.914. The van der Waals surface area contributed by atoms with Crippen molar-refractivity contribution >= 4 is 27.4 Å². The summed E-state index contributed by atoms with van der Waals surface area (Å²) in [6, 6.07) is 12.4. The zero-order chi connectivity index (χ0) is 13.7. The average molecular weight is 320 g/mol. The number of rotatable bonds is 5. The number of benzene rings is 1. The van der Waals surface area contributed by atoms with Crippen molar-refractivity contribution in [3.8, 4) is 0 Å². The average Bonchev–Trinajstić information content (AvgIpc) is 2.43. The molecule has 1 heterocycles. The topological polar surface area (TPSA) is 42.1 Å². The second kappa shape index (κ2) is 6.68. The van der Waals surface area contributed by atoms with E-state index in [2.05, 4.69) is 57.0 Å². The zero-order valence-electron chi connectivity index (χ0n) is 11.0. The molecule has 0 saturated heterocycles. The van der Waals surface area contributed by atoms with E-state index in [0.717, 1.165) is 28.9 Å². The highest BCUT2D eigenvalue weighted by atomic mass is 79.9. The smallest absolute Gasteiger partial charge is 0.147 e. The van der Waals surface area contributed by atoms with Gasteiger partial charge in [-0.25, -0.2) is 4.98 Å². The predicted octanol–water partition coefficient (Wildman–Crippen LogP) is 3.64. The molecule has 0 aliphatic carbocycles. The van der Waals surface area contributed by atoms with E-state index in [9.17, 15) is 0 Å². The number of nitrogens with two attached hydrogens (primary N) is 1. The molecule has 2 N–H and O–H groups in total. The lowest BCUT2D eigenvalue weighted by atomic mass is 10.2. The van der Waals surface area contributed by atoms with Crippen molar-refractivity contribution in [3.05, 3.63) is 52.6 Å². The van der Waals surface area contributed by atoms with Crippen molar-refractivity contribution < 1.29 is 0 Å². The second-order valence-electron chi connectivity index (χ2n) is 4.44. The molecule has 4 heteroatoms. The first kappa shape index (κ1) is 14.0. The molecule has 0 unspecified atom stereocenters. The lowest BCUT2D eigenvalue weighted by Crippen LogP contribution is -2.22. The number of aryl methyl sites for hydroxylation is 1. The molecule has 2 rings (SSSR count). The first-order valence-electron chi connectivity index (χ1n) is 6.37. The van der Waals surface area contributed by atoms with Crippen molar-refractivity contribution in [2.45, 2.75) is 13.3 Å². The zero-order valence-corrected chi connectivity index (χ0v) is 12.6. The number of hydrogen-bond acceptors (Lipinski definition) is 3. The van der Waals surface area contributed by atoms with Crippen LogP contribution in [-0.4, -0.2) is 18.1 Å². The van der Waals surface area contributed by atoms with Crippen molar-refractivity contribution in [2.75, 3.05) is 18.0 Å². The van der Waals surface area contributed by atoms with Gasteiger partial charge < -0.3 is 10.6 Å². The molecule has 0 aliphatic heterocycles. The fourth-order valence-corrected chi connectivity index (χ4v) is 2.38. The molecule has 100 valence electrons. The molecule has 0 saturated carbocycles. The first-order valence-corrected chi connectivity index (χ1v) is 7.16. The van der Waals surface area contributed by atoms with Crippen LogP contribution >= 0.6 is 15.9 Å². The van der Waals surface area contributed by atoms with E-state index in [1.54, 1.807) is 0 Å². The predicted molar refractivity (Wildman–Crippen MR) is 83.8 cm³/mol. The van der Waals surface area contributed by atoms with Crippen LogP contribution in [0.15, 0.2) is 47.1 Å². The van der Waals surface area contributed by atoms with E-state index in [-0.39, 0.29) is 0 Å². The fourth-order valence-electron chi connectivity index (χ4n) is 1.91. The maximum absolute atomic E-state index is 5.64. The number of halogens is 1. The lowest BCUT2D eigenvalue weighted by Gasteiger charge is -2.24. The monoisotopic (exact) mass is 319 g/mol. The van der Waals surface area contributed by atoms with E-state index >= 15 is 0 Å². The summed E-state index contributed by atoms with van der Waals surface area (Å²) in [6.07, 6.45) is 2.74. The van der Waals surface area contributed by atoms with Gasteiger partial charge in [-0.15, -0.1) is 0 Å². The van der Waals surface area contributed by atoms with Gasteiger partial charge in [-0.3, -0.25) is 0 Å². The van der Waals surface area contributed by atoms with Crippen LogP contribution in [0.1, 0.15) is 12.0 Å². The minimum atomic E-state index is 0.673. The van der Waals surface area contributed by atoms with Crippen molar-refractivity contribution in [3.63, 3.8) is 0 Å². The Morgan fingerprint density at radius 1 is 1.21 bits per heavy atom. The Morgan fingerprint density at radius 2 is 1.95 bits per heavy atom. The van der Waals surface area contributed by atoms with Crippen LogP contribution in [0.5, 0.6) is 0 Å². The normalized spacial score (nSPS) is 10.5. The van der Waals surface area contributed by atoms with Crippen LogP contribution in [0.4, 0.5) is 11.5 Å². The molecule has 0 fully saturated rings. The number of hydrogen-bond donors (Lipinski definition) is 1. The van der Waals surface area contributed by atoms with Crippen LogP contribution in [0.3, 0.4) is 0 Å². The maximum atomic E-state index is 5.64. The molecular formula is C15H18BrN3. The molecule has 2 aromatic rings. The molecule has 3 nitrogen and oxygen atoms in total. The van der Waals surface area contributed by atoms with E-state index < -0.39 is 0 Å². The number of pyridine rings is 1. The Kier molecular flexibility index (Phi) is 4.93. The van der Waals surface area contributed by atoms with E-state index in [4.69, 9.17) is 5.73 Å². The van der Waals surface area contributed by atoms with Crippen LogP contribution < -0.4 is 10.6 Å². The molecule has 1 aromatic carbocycles. The molecular weight excluding hydrogens is 302 g/mol. The van der Waals surface area contributed by atoms with Gasteiger partial charge in [0.1, 0.15) is 5.82 Å². The molecule has 0 aliphatic rings. The van der Waals surface area contributed by atoms with Gasteiger partial charge in [0.25, 0.3) is 0 Å². The standard InChI is InChI=1S/C15H18BrN3/c1-12-5-7-13(8-6-12)19(11-3-9-17)15-14(16)4-2-10-18-15/h2,4-8,10H,3,9,11,17H2,1H3. The van der Waals surface area contributed by atoms with Crippen LogP contribution in [0, 0.1) is 6.92 Å². The SMILES string of the molecule is Cc1ccc(N(CCCN)c2ncccc2Br)cc1. The third-order valence-electron chi connectivity index (χ3n) is 2.93. The van der Waals surface area contributed by atoms with Crippen molar-refractivity contribution in [1.82, 2.24) is 4.98 Å². The van der Waals surface area contributed by atoms with E-state index in [1.165, 1.54) is 5.56 Å². The van der Waals surface area contributed by atoms with Gasteiger partial charge in [0.15, 0.2) is 0 Å². The van der Waals surface area contributed by atoms with Crippen molar-refractivity contribution in [1.29, 1.82) is 0 Å². The Bertz CT molecular complexity index is 525. The Labute approximate surface area is 122 Å².